The molecule has 5 nitrogen and oxygen atoms in total. The van der Waals surface area contributed by atoms with Crippen LogP contribution in [0.4, 0.5) is 0 Å². The van der Waals surface area contributed by atoms with Gasteiger partial charge in [0.2, 0.25) is 5.89 Å². The quantitative estimate of drug-likeness (QED) is 0.736. The van der Waals surface area contributed by atoms with Gasteiger partial charge >= 0.3 is 0 Å². The van der Waals surface area contributed by atoms with Crippen molar-refractivity contribution in [2.24, 2.45) is 0 Å². The number of carbonyl (C=O) groups is 1. The summed E-state index contributed by atoms with van der Waals surface area (Å²) in [5, 5.41) is 0. The molecule has 84 valence electrons. The summed E-state index contributed by atoms with van der Waals surface area (Å²) in [5.74, 6) is 0.976. The van der Waals surface area contributed by atoms with Gasteiger partial charge in [-0.2, -0.15) is 0 Å². The highest BCUT2D eigenvalue weighted by Gasteiger charge is 2.12. The van der Waals surface area contributed by atoms with Crippen molar-refractivity contribution in [1.29, 1.82) is 0 Å². The van der Waals surface area contributed by atoms with Crippen molar-refractivity contribution >= 4 is 17.4 Å². The summed E-state index contributed by atoms with van der Waals surface area (Å²) in [5.41, 5.74) is 1.61. The first kappa shape index (κ1) is 10.6. The zero-order valence-electron chi connectivity index (χ0n) is 9.02. The predicted molar refractivity (Wildman–Crippen MR) is 56.7 cm³/mol. The Balaban J connectivity index is 2.60. The smallest absolute Gasteiger partial charge is 0.221 e. The van der Waals surface area contributed by atoms with Gasteiger partial charge in [-0.05, 0) is 12.1 Å². The first-order valence-electron chi connectivity index (χ1n) is 4.70. The third-order valence-corrected chi connectivity index (χ3v) is 2.15. The maximum absolute atomic E-state index is 10.7. The lowest BCUT2D eigenvalue weighted by Gasteiger charge is -1.99. The summed E-state index contributed by atoms with van der Waals surface area (Å²) in [4.78, 5) is 14.9. The van der Waals surface area contributed by atoms with Crippen molar-refractivity contribution in [2.75, 3.05) is 14.2 Å². The lowest BCUT2D eigenvalue weighted by atomic mass is 10.2. The van der Waals surface area contributed by atoms with Crippen LogP contribution in [-0.2, 0) is 11.3 Å². The fourth-order valence-corrected chi connectivity index (χ4v) is 1.47. The predicted octanol–water partition coefficient (Wildman–Crippen LogP) is 1.80. The van der Waals surface area contributed by atoms with Crippen LogP contribution in [0.3, 0.4) is 0 Å². The molecule has 0 aliphatic heterocycles. The van der Waals surface area contributed by atoms with Crippen LogP contribution < -0.4 is 4.74 Å². The van der Waals surface area contributed by atoms with E-state index in [1.54, 1.807) is 19.2 Å². The van der Waals surface area contributed by atoms with Crippen LogP contribution in [0.25, 0.3) is 11.1 Å². The van der Waals surface area contributed by atoms with E-state index in [0.717, 1.165) is 6.29 Å². The van der Waals surface area contributed by atoms with E-state index in [1.165, 1.54) is 7.11 Å². The molecule has 0 bridgehead atoms. The summed E-state index contributed by atoms with van der Waals surface area (Å²) in [6.45, 7) is 0.286. The number of ether oxygens (including phenoxy) is 2. The zero-order chi connectivity index (χ0) is 11.5. The molecule has 1 heterocycles. The largest absolute Gasteiger partial charge is 0.494 e. The van der Waals surface area contributed by atoms with Gasteiger partial charge in [0.25, 0.3) is 0 Å². The van der Waals surface area contributed by atoms with Gasteiger partial charge in [-0.25, -0.2) is 4.98 Å². The first-order chi connectivity index (χ1) is 7.78. The Morgan fingerprint density at radius 3 is 2.88 bits per heavy atom. The first-order valence-corrected chi connectivity index (χ1v) is 4.70. The fourth-order valence-electron chi connectivity index (χ4n) is 1.47. The molecule has 2 aromatic rings. The molecular weight excluding hydrogens is 210 g/mol. The highest BCUT2D eigenvalue weighted by Crippen LogP contribution is 2.27. The molecule has 0 atom stereocenters. The number of fused-ring (bicyclic) bond motifs is 1. The fraction of sp³-hybridized carbons (Fsp3) is 0.273. The molecule has 0 amide bonds. The van der Waals surface area contributed by atoms with Crippen LogP contribution in [0.1, 0.15) is 16.2 Å². The topological polar surface area (TPSA) is 61.6 Å². The lowest BCUT2D eigenvalue weighted by molar-refractivity contribution is 0.112. The molecule has 2 rings (SSSR count). The second-order valence-corrected chi connectivity index (χ2v) is 3.23. The number of hydrogen-bond donors (Lipinski definition) is 0. The van der Waals surface area contributed by atoms with Gasteiger partial charge < -0.3 is 13.9 Å². The number of hydrogen-bond acceptors (Lipinski definition) is 5. The van der Waals surface area contributed by atoms with Crippen molar-refractivity contribution in [1.82, 2.24) is 4.98 Å². The monoisotopic (exact) mass is 221 g/mol. The highest BCUT2D eigenvalue weighted by molar-refractivity contribution is 5.88. The van der Waals surface area contributed by atoms with Gasteiger partial charge in [0.05, 0.1) is 7.11 Å². The van der Waals surface area contributed by atoms with E-state index >= 15 is 0 Å². The van der Waals surface area contributed by atoms with Crippen LogP contribution in [0, 0.1) is 0 Å². The normalized spacial score (nSPS) is 10.6. The Morgan fingerprint density at radius 2 is 2.25 bits per heavy atom. The molecule has 1 aromatic heterocycles. The maximum atomic E-state index is 10.7. The average Bonchev–Trinajstić information content (AvgIpc) is 2.70. The minimum Gasteiger partial charge on any atom is -0.494 e. The number of aromatic nitrogens is 1. The molecule has 0 spiro atoms. The van der Waals surface area contributed by atoms with E-state index in [2.05, 4.69) is 4.98 Å². The maximum Gasteiger partial charge on any atom is 0.221 e. The molecule has 0 N–H and O–H groups in total. The molecular formula is C11H11NO4. The van der Waals surface area contributed by atoms with E-state index < -0.39 is 0 Å². The summed E-state index contributed by atoms with van der Waals surface area (Å²) < 4.78 is 15.5. The molecule has 0 aliphatic rings. The summed E-state index contributed by atoms with van der Waals surface area (Å²) in [6.07, 6.45) is 0.737. The molecule has 0 fully saturated rings. The minimum absolute atomic E-state index is 0.286. The Kier molecular flexibility index (Phi) is 2.87. The molecule has 0 aliphatic carbocycles. The van der Waals surface area contributed by atoms with Gasteiger partial charge in [0.1, 0.15) is 18.6 Å². The zero-order valence-corrected chi connectivity index (χ0v) is 9.02. The number of carbonyl (C=O) groups excluding carboxylic acids is 1. The summed E-state index contributed by atoms with van der Waals surface area (Å²) in [6, 6.07) is 3.24. The third-order valence-electron chi connectivity index (χ3n) is 2.15. The van der Waals surface area contributed by atoms with Crippen molar-refractivity contribution in [3.63, 3.8) is 0 Å². The molecule has 0 radical (unpaired) electrons. The van der Waals surface area contributed by atoms with Gasteiger partial charge in [-0.15, -0.1) is 0 Å². The third kappa shape index (κ3) is 1.77. The van der Waals surface area contributed by atoms with Crippen LogP contribution in [0.5, 0.6) is 5.75 Å². The van der Waals surface area contributed by atoms with E-state index in [-0.39, 0.29) is 6.61 Å². The number of rotatable bonds is 4. The standard InChI is InChI=1S/C11H11NO4/c1-14-6-10-12-11-8(15-2)3-7(5-13)4-9(11)16-10/h3-5H,6H2,1-2H3. The van der Waals surface area contributed by atoms with E-state index in [4.69, 9.17) is 13.9 Å². The van der Waals surface area contributed by atoms with Crippen LogP contribution in [0.2, 0.25) is 0 Å². The SMILES string of the molecule is COCc1nc2c(OC)cc(C=O)cc2o1. The van der Waals surface area contributed by atoms with Gasteiger partial charge in [0, 0.05) is 12.7 Å². The van der Waals surface area contributed by atoms with E-state index in [1.807, 2.05) is 0 Å². The van der Waals surface area contributed by atoms with Crippen LogP contribution >= 0.6 is 0 Å². The van der Waals surface area contributed by atoms with Crippen LogP contribution in [0.15, 0.2) is 16.5 Å². The Bertz CT molecular complexity index is 518. The molecule has 0 saturated carbocycles. The van der Waals surface area contributed by atoms with Crippen molar-refractivity contribution in [2.45, 2.75) is 6.61 Å². The number of nitrogens with zero attached hydrogens (tertiary/aromatic N) is 1. The number of aldehydes is 1. The lowest BCUT2D eigenvalue weighted by Crippen LogP contribution is -1.88. The summed E-state index contributed by atoms with van der Waals surface area (Å²) >= 11 is 0. The van der Waals surface area contributed by atoms with Gasteiger partial charge in [0.15, 0.2) is 11.1 Å². The minimum atomic E-state index is 0.286. The number of oxazole rings is 1. The molecule has 1 aromatic carbocycles. The number of benzene rings is 1. The molecule has 0 saturated heterocycles. The second-order valence-electron chi connectivity index (χ2n) is 3.23. The second kappa shape index (κ2) is 4.32. The van der Waals surface area contributed by atoms with Crippen molar-refractivity contribution in [3.05, 3.63) is 23.6 Å². The van der Waals surface area contributed by atoms with Gasteiger partial charge in [-0.3, -0.25) is 4.79 Å². The number of methoxy groups -OCH3 is 2. The average molecular weight is 221 g/mol. The Morgan fingerprint density at radius 1 is 1.44 bits per heavy atom. The van der Waals surface area contributed by atoms with Gasteiger partial charge in [-0.1, -0.05) is 0 Å². The summed E-state index contributed by atoms with van der Waals surface area (Å²) in [7, 11) is 3.08. The van der Waals surface area contributed by atoms with E-state index in [9.17, 15) is 4.79 Å². The Labute approximate surface area is 92.0 Å². The van der Waals surface area contributed by atoms with Crippen LogP contribution in [-0.4, -0.2) is 25.5 Å². The molecule has 16 heavy (non-hydrogen) atoms. The molecule has 0 unspecified atom stereocenters. The Hall–Kier alpha value is -1.88. The van der Waals surface area contributed by atoms with Crippen molar-refractivity contribution < 1.29 is 18.7 Å². The van der Waals surface area contributed by atoms with E-state index in [0.29, 0.717) is 28.3 Å². The van der Waals surface area contributed by atoms with Crippen molar-refractivity contribution in [3.8, 4) is 5.75 Å². The molecule has 5 heteroatoms. The highest BCUT2D eigenvalue weighted by atomic mass is 16.5.